The Balaban J connectivity index is 2.77. The molecule has 0 aromatic heterocycles. The summed E-state index contributed by atoms with van der Waals surface area (Å²) < 4.78 is 25.0. The SMILES string of the molecule is CSc1ccc(C(C)NS(=O)(=O)CCl)cc1. The molecule has 3 nitrogen and oxygen atoms in total. The second-order valence-corrected chi connectivity index (χ2v) is 6.55. The van der Waals surface area contributed by atoms with Crippen molar-refractivity contribution in [1.29, 1.82) is 0 Å². The Kier molecular flexibility index (Phi) is 5.11. The lowest BCUT2D eigenvalue weighted by Gasteiger charge is -2.13. The van der Waals surface area contributed by atoms with Gasteiger partial charge >= 0.3 is 0 Å². The third kappa shape index (κ3) is 3.97. The fraction of sp³-hybridized carbons (Fsp3) is 0.400. The summed E-state index contributed by atoms with van der Waals surface area (Å²) >= 11 is 6.97. The zero-order chi connectivity index (χ0) is 12.2. The first-order chi connectivity index (χ1) is 7.48. The molecule has 0 aliphatic carbocycles. The molecule has 1 aromatic carbocycles. The first kappa shape index (κ1) is 13.8. The molecule has 1 atom stereocenters. The largest absolute Gasteiger partial charge is 0.226 e. The minimum absolute atomic E-state index is 0.264. The van der Waals surface area contributed by atoms with E-state index in [2.05, 4.69) is 4.72 Å². The summed E-state index contributed by atoms with van der Waals surface area (Å²) in [7, 11) is -3.37. The van der Waals surface area contributed by atoms with Gasteiger partial charge in [-0.05, 0) is 30.9 Å². The summed E-state index contributed by atoms with van der Waals surface area (Å²) in [4.78, 5) is 1.15. The van der Waals surface area contributed by atoms with E-state index in [0.29, 0.717) is 0 Å². The molecule has 0 spiro atoms. The maximum atomic E-state index is 11.3. The van der Waals surface area contributed by atoms with Gasteiger partial charge in [0.2, 0.25) is 10.0 Å². The predicted molar refractivity (Wildman–Crippen MR) is 69.4 cm³/mol. The third-order valence-electron chi connectivity index (χ3n) is 2.12. The lowest BCUT2D eigenvalue weighted by atomic mass is 10.1. The van der Waals surface area contributed by atoms with Gasteiger partial charge in [0.1, 0.15) is 5.21 Å². The molecule has 0 bridgehead atoms. The maximum absolute atomic E-state index is 11.3. The van der Waals surface area contributed by atoms with Crippen molar-refractivity contribution in [2.75, 3.05) is 11.5 Å². The van der Waals surface area contributed by atoms with Crippen LogP contribution in [-0.2, 0) is 10.0 Å². The maximum Gasteiger partial charge on any atom is 0.226 e. The Morgan fingerprint density at radius 1 is 1.38 bits per heavy atom. The van der Waals surface area contributed by atoms with Crippen LogP contribution in [0.3, 0.4) is 0 Å². The molecule has 1 unspecified atom stereocenters. The van der Waals surface area contributed by atoms with Crippen LogP contribution in [0.2, 0.25) is 0 Å². The zero-order valence-corrected chi connectivity index (χ0v) is 11.5. The minimum atomic E-state index is -3.37. The van der Waals surface area contributed by atoms with E-state index in [0.717, 1.165) is 10.5 Å². The molecule has 0 aliphatic rings. The van der Waals surface area contributed by atoms with Crippen molar-refractivity contribution in [1.82, 2.24) is 4.72 Å². The van der Waals surface area contributed by atoms with Gasteiger partial charge in [-0.25, -0.2) is 13.1 Å². The second kappa shape index (κ2) is 5.91. The number of hydrogen-bond donors (Lipinski definition) is 1. The Morgan fingerprint density at radius 3 is 2.38 bits per heavy atom. The summed E-state index contributed by atoms with van der Waals surface area (Å²) in [6.07, 6.45) is 1.99. The van der Waals surface area contributed by atoms with Crippen LogP contribution in [0.1, 0.15) is 18.5 Å². The fourth-order valence-corrected chi connectivity index (χ4v) is 2.60. The average molecular weight is 280 g/mol. The standard InChI is InChI=1S/C10H14ClNO2S2/c1-8(12-16(13,14)7-11)9-3-5-10(15-2)6-4-9/h3-6,8,12H,7H2,1-2H3. The predicted octanol–water partition coefficient (Wildman–Crippen LogP) is 2.59. The van der Waals surface area contributed by atoms with Gasteiger partial charge in [0, 0.05) is 10.9 Å². The summed E-state index contributed by atoms with van der Waals surface area (Å²) in [5.74, 6) is 0. The summed E-state index contributed by atoms with van der Waals surface area (Å²) in [5.41, 5.74) is 0.923. The van der Waals surface area contributed by atoms with Crippen molar-refractivity contribution >= 4 is 33.4 Å². The van der Waals surface area contributed by atoms with E-state index in [1.54, 1.807) is 18.7 Å². The summed E-state index contributed by atoms with van der Waals surface area (Å²) in [5, 5.41) is -0.416. The summed E-state index contributed by atoms with van der Waals surface area (Å²) in [6, 6.07) is 7.48. The van der Waals surface area contributed by atoms with Crippen LogP contribution in [0.15, 0.2) is 29.2 Å². The van der Waals surface area contributed by atoms with Gasteiger partial charge in [0.25, 0.3) is 0 Å². The number of sulfonamides is 1. The van der Waals surface area contributed by atoms with Crippen molar-refractivity contribution in [3.63, 3.8) is 0 Å². The van der Waals surface area contributed by atoms with Crippen molar-refractivity contribution in [2.45, 2.75) is 17.9 Å². The number of alkyl halides is 1. The molecular weight excluding hydrogens is 266 g/mol. The van der Waals surface area contributed by atoms with Gasteiger partial charge in [-0.3, -0.25) is 0 Å². The van der Waals surface area contributed by atoms with Crippen LogP contribution in [-0.4, -0.2) is 19.9 Å². The normalized spacial score (nSPS) is 13.7. The highest BCUT2D eigenvalue weighted by Crippen LogP contribution is 2.19. The van der Waals surface area contributed by atoms with Gasteiger partial charge in [0.15, 0.2) is 0 Å². The smallest absolute Gasteiger partial charge is 0.211 e. The lowest BCUT2D eigenvalue weighted by Crippen LogP contribution is -2.27. The van der Waals surface area contributed by atoms with Crippen LogP contribution < -0.4 is 4.72 Å². The second-order valence-electron chi connectivity index (χ2n) is 3.34. The molecule has 6 heteroatoms. The molecule has 0 aliphatic heterocycles. The molecule has 1 N–H and O–H groups in total. The van der Waals surface area contributed by atoms with Gasteiger partial charge < -0.3 is 0 Å². The van der Waals surface area contributed by atoms with Gasteiger partial charge in [0.05, 0.1) is 0 Å². The highest BCUT2D eigenvalue weighted by Gasteiger charge is 2.14. The Hall–Kier alpha value is -0.230. The fourth-order valence-electron chi connectivity index (χ4n) is 1.26. The number of hydrogen-bond acceptors (Lipinski definition) is 3. The highest BCUT2D eigenvalue weighted by atomic mass is 35.5. The lowest BCUT2D eigenvalue weighted by molar-refractivity contribution is 0.571. The van der Waals surface area contributed by atoms with E-state index in [9.17, 15) is 8.42 Å². The monoisotopic (exact) mass is 279 g/mol. The van der Waals surface area contributed by atoms with E-state index in [1.807, 2.05) is 30.5 Å². The quantitative estimate of drug-likeness (QED) is 0.666. The van der Waals surface area contributed by atoms with Crippen LogP contribution in [0.4, 0.5) is 0 Å². The first-order valence-corrected chi connectivity index (χ1v) is 8.09. The first-order valence-electron chi connectivity index (χ1n) is 4.68. The summed E-state index contributed by atoms with van der Waals surface area (Å²) in [6.45, 7) is 1.79. The molecule has 0 heterocycles. The topological polar surface area (TPSA) is 46.2 Å². The highest BCUT2D eigenvalue weighted by molar-refractivity contribution is 7.98. The van der Waals surface area contributed by atoms with Gasteiger partial charge in [-0.2, -0.15) is 0 Å². The molecule has 90 valence electrons. The van der Waals surface area contributed by atoms with E-state index < -0.39 is 15.2 Å². The van der Waals surface area contributed by atoms with E-state index in [4.69, 9.17) is 11.6 Å². The molecule has 1 rings (SSSR count). The Bertz CT molecular complexity index is 431. The molecule has 0 fully saturated rings. The average Bonchev–Trinajstić information content (AvgIpc) is 2.28. The van der Waals surface area contributed by atoms with Crippen LogP contribution in [0, 0.1) is 0 Å². The van der Waals surface area contributed by atoms with Crippen LogP contribution in [0.25, 0.3) is 0 Å². The minimum Gasteiger partial charge on any atom is -0.211 e. The van der Waals surface area contributed by atoms with Crippen LogP contribution in [0.5, 0.6) is 0 Å². The van der Waals surface area contributed by atoms with Crippen molar-refractivity contribution < 1.29 is 8.42 Å². The van der Waals surface area contributed by atoms with E-state index in [1.165, 1.54) is 0 Å². The Morgan fingerprint density at radius 2 is 1.94 bits per heavy atom. The third-order valence-corrected chi connectivity index (χ3v) is 4.72. The van der Waals surface area contributed by atoms with E-state index in [-0.39, 0.29) is 6.04 Å². The van der Waals surface area contributed by atoms with Gasteiger partial charge in [-0.15, -0.1) is 23.4 Å². The zero-order valence-electron chi connectivity index (χ0n) is 9.10. The molecule has 0 saturated carbocycles. The number of thioether (sulfide) groups is 1. The molecular formula is C10H14ClNO2S2. The Labute approximate surface area is 106 Å². The molecule has 0 saturated heterocycles. The number of rotatable bonds is 5. The van der Waals surface area contributed by atoms with Crippen LogP contribution >= 0.6 is 23.4 Å². The molecule has 1 aromatic rings. The molecule has 16 heavy (non-hydrogen) atoms. The van der Waals surface area contributed by atoms with E-state index >= 15 is 0 Å². The number of nitrogens with one attached hydrogen (secondary N) is 1. The van der Waals surface area contributed by atoms with Crippen molar-refractivity contribution in [3.05, 3.63) is 29.8 Å². The van der Waals surface area contributed by atoms with Crippen molar-refractivity contribution in [2.24, 2.45) is 0 Å². The number of benzene rings is 1. The van der Waals surface area contributed by atoms with Gasteiger partial charge in [-0.1, -0.05) is 12.1 Å². The van der Waals surface area contributed by atoms with Crippen molar-refractivity contribution in [3.8, 4) is 0 Å². The number of halogens is 1. The molecule has 0 radical (unpaired) electrons. The molecule has 0 amide bonds.